The van der Waals surface area contributed by atoms with E-state index in [0.29, 0.717) is 13.1 Å². The molecule has 5 heteroatoms. The van der Waals surface area contributed by atoms with E-state index in [1.54, 1.807) is 18.1 Å². The lowest BCUT2D eigenvalue weighted by Gasteiger charge is -2.23. The largest absolute Gasteiger partial charge is 0.467 e. The van der Waals surface area contributed by atoms with Crippen LogP contribution in [0.3, 0.4) is 0 Å². The van der Waals surface area contributed by atoms with Gasteiger partial charge in [0.25, 0.3) is 0 Å². The molecule has 0 saturated heterocycles. The number of amides is 1. The van der Waals surface area contributed by atoms with E-state index < -0.39 is 6.04 Å². The molecule has 0 aliphatic heterocycles. The minimum atomic E-state index is -0.502. The number of hydrogen-bond acceptors (Lipinski definition) is 3. The second kappa shape index (κ2) is 8.61. The van der Waals surface area contributed by atoms with Crippen LogP contribution in [0.25, 0.3) is 0 Å². The molecular formula is C17H23ClN2O2. The van der Waals surface area contributed by atoms with Gasteiger partial charge < -0.3 is 15.1 Å². The van der Waals surface area contributed by atoms with Gasteiger partial charge in [-0.25, -0.2) is 0 Å². The highest BCUT2D eigenvalue weighted by Crippen LogP contribution is 2.10. The summed E-state index contributed by atoms with van der Waals surface area (Å²) in [7, 11) is 0. The summed E-state index contributed by atoms with van der Waals surface area (Å²) in [5, 5.41) is 0. The maximum atomic E-state index is 12.2. The highest BCUT2D eigenvalue weighted by Gasteiger charge is 2.18. The third-order valence-corrected chi connectivity index (χ3v) is 3.42. The second-order valence-corrected chi connectivity index (χ2v) is 5.36. The zero-order chi connectivity index (χ0) is 15.2. The van der Waals surface area contributed by atoms with E-state index in [2.05, 4.69) is 31.2 Å². The van der Waals surface area contributed by atoms with Crippen LogP contribution in [-0.2, 0) is 17.8 Å². The van der Waals surface area contributed by atoms with Gasteiger partial charge in [-0.1, -0.05) is 29.8 Å². The number of nitrogens with zero attached hydrogens (tertiary/aromatic N) is 1. The van der Waals surface area contributed by atoms with E-state index in [1.165, 1.54) is 11.1 Å². The molecule has 0 fully saturated rings. The monoisotopic (exact) mass is 322 g/mol. The van der Waals surface area contributed by atoms with Gasteiger partial charge in [0.2, 0.25) is 5.91 Å². The van der Waals surface area contributed by atoms with E-state index >= 15 is 0 Å². The fourth-order valence-corrected chi connectivity index (χ4v) is 2.16. The lowest BCUT2D eigenvalue weighted by atomic mass is 10.1. The Balaban J connectivity index is 0.00000242. The Morgan fingerprint density at radius 3 is 2.50 bits per heavy atom. The number of carbonyl (C=O) groups excluding carboxylic acids is 1. The number of aryl methyl sites for hydroxylation is 1. The number of halogens is 1. The molecule has 1 heterocycles. The number of furan rings is 1. The first-order chi connectivity index (χ1) is 10.1. The number of carbonyl (C=O) groups is 1. The minimum Gasteiger partial charge on any atom is -0.467 e. The average Bonchev–Trinajstić information content (AvgIpc) is 2.97. The molecule has 4 nitrogen and oxygen atoms in total. The van der Waals surface area contributed by atoms with Crippen molar-refractivity contribution in [1.29, 1.82) is 0 Å². The molecule has 0 aliphatic rings. The van der Waals surface area contributed by atoms with Gasteiger partial charge in [-0.05, 0) is 38.0 Å². The van der Waals surface area contributed by atoms with Crippen LogP contribution in [0.4, 0.5) is 0 Å². The molecule has 0 radical (unpaired) electrons. The van der Waals surface area contributed by atoms with Gasteiger partial charge in [0.1, 0.15) is 5.76 Å². The predicted octanol–water partition coefficient (Wildman–Crippen LogP) is 2.93. The molecule has 0 spiro atoms. The zero-order valence-corrected chi connectivity index (χ0v) is 13.8. The van der Waals surface area contributed by atoms with Crippen LogP contribution in [0.2, 0.25) is 0 Å². The zero-order valence-electron chi connectivity index (χ0n) is 13.0. The van der Waals surface area contributed by atoms with Crippen LogP contribution in [-0.4, -0.2) is 23.4 Å². The van der Waals surface area contributed by atoms with Gasteiger partial charge in [-0.3, -0.25) is 4.79 Å². The molecule has 1 unspecified atom stereocenters. The molecule has 1 amide bonds. The molecule has 1 aromatic heterocycles. The first kappa shape index (κ1) is 18.3. The summed E-state index contributed by atoms with van der Waals surface area (Å²) in [5.41, 5.74) is 8.18. The second-order valence-electron chi connectivity index (χ2n) is 5.36. The Labute approximate surface area is 137 Å². The average molecular weight is 323 g/mol. The van der Waals surface area contributed by atoms with Crippen LogP contribution in [0.1, 0.15) is 23.8 Å². The van der Waals surface area contributed by atoms with Crippen molar-refractivity contribution in [2.75, 3.05) is 6.54 Å². The van der Waals surface area contributed by atoms with Crippen LogP contribution in [0, 0.1) is 6.92 Å². The number of benzene rings is 1. The normalized spacial score (nSPS) is 11.6. The topological polar surface area (TPSA) is 59.5 Å². The summed E-state index contributed by atoms with van der Waals surface area (Å²) in [4.78, 5) is 14.0. The third-order valence-electron chi connectivity index (χ3n) is 3.42. The lowest BCUT2D eigenvalue weighted by Crippen LogP contribution is -2.42. The number of hydrogen-bond donors (Lipinski definition) is 1. The van der Waals surface area contributed by atoms with Crippen molar-refractivity contribution in [2.45, 2.75) is 32.9 Å². The summed E-state index contributed by atoms with van der Waals surface area (Å²) >= 11 is 0. The maximum absolute atomic E-state index is 12.2. The van der Waals surface area contributed by atoms with Crippen molar-refractivity contribution in [1.82, 2.24) is 4.90 Å². The molecule has 22 heavy (non-hydrogen) atoms. The Hall–Kier alpha value is -1.78. The predicted molar refractivity (Wildman–Crippen MR) is 89.9 cm³/mol. The molecule has 0 saturated carbocycles. The summed E-state index contributed by atoms with van der Waals surface area (Å²) in [6, 6.07) is 11.5. The van der Waals surface area contributed by atoms with Crippen molar-refractivity contribution in [3.8, 4) is 0 Å². The van der Waals surface area contributed by atoms with Gasteiger partial charge in [0, 0.05) is 6.54 Å². The van der Waals surface area contributed by atoms with Crippen molar-refractivity contribution < 1.29 is 9.21 Å². The highest BCUT2D eigenvalue weighted by molar-refractivity contribution is 5.85. The van der Waals surface area contributed by atoms with Gasteiger partial charge in [0.15, 0.2) is 0 Å². The molecule has 0 aliphatic carbocycles. The van der Waals surface area contributed by atoms with Crippen molar-refractivity contribution in [2.24, 2.45) is 5.73 Å². The lowest BCUT2D eigenvalue weighted by molar-refractivity contribution is -0.133. The standard InChI is InChI=1S/C17H22N2O2.ClH/c1-13-5-7-15(8-6-13)9-10-19(17(20)14(2)18)12-16-4-3-11-21-16;/h3-8,11,14H,9-10,12,18H2,1-2H3;1H. The van der Waals surface area contributed by atoms with Crippen molar-refractivity contribution >= 4 is 18.3 Å². The molecule has 1 aromatic carbocycles. The Bertz CT molecular complexity index is 565. The minimum absolute atomic E-state index is 0. The summed E-state index contributed by atoms with van der Waals surface area (Å²) in [6.45, 7) is 4.86. The molecule has 120 valence electrons. The Kier molecular flexibility index (Phi) is 7.15. The van der Waals surface area contributed by atoms with E-state index in [4.69, 9.17) is 10.2 Å². The SMILES string of the molecule is Cc1ccc(CCN(Cc2ccco2)C(=O)C(C)N)cc1.Cl. The molecule has 1 atom stereocenters. The summed E-state index contributed by atoms with van der Waals surface area (Å²) in [6.07, 6.45) is 2.42. The number of nitrogens with two attached hydrogens (primary N) is 1. The van der Waals surface area contributed by atoms with Gasteiger partial charge in [0.05, 0.1) is 18.8 Å². The number of rotatable bonds is 6. The van der Waals surface area contributed by atoms with Crippen LogP contribution >= 0.6 is 12.4 Å². The van der Waals surface area contributed by atoms with Crippen LogP contribution in [0.15, 0.2) is 47.1 Å². The molecule has 2 rings (SSSR count). The fraction of sp³-hybridized carbons (Fsp3) is 0.353. The molecular weight excluding hydrogens is 300 g/mol. The van der Waals surface area contributed by atoms with E-state index in [1.807, 2.05) is 12.1 Å². The molecule has 0 bridgehead atoms. The van der Waals surface area contributed by atoms with E-state index in [0.717, 1.165) is 12.2 Å². The maximum Gasteiger partial charge on any atom is 0.239 e. The molecule has 2 N–H and O–H groups in total. The fourth-order valence-electron chi connectivity index (χ4n) is 2.16. The molecule has 2 aromatic rings. The van der Waals surface area contributed by atoms with Crippen LogP contribution in [0.5, 0.6) is 0 Å². The first-order valence-electron chi connectivity index (χ1n) is 7.18. The van der Waals surface area contributed by atoms with Gasteiger partial charge in [-0.2, -0.15) is 0 Å². The smallest absolute Gasteiger partial charge is 0.239 e. The summed E-state index contributed by atoms with van der Waals surface area (Å²) in [5.74, 6) is 0.714. The van der Waals surface area contributed by atoms with Crippen molar-refractivity contribution in [3.63, 3.8) is 0 Å². The third kappa shape index (κ3) is 5.20. The quantitative estimate of drug-likeness (QED) is 0.889. The van der Waals surface area contributed by atoms with Gasteiger partial charge in [-0.15, -0.1) is 12.4 Å². The Morgan fingerprint density at radius 1 is 1.27 bits per heavy atom. The summed E-state index contributed by atoms with van der Waals surface area (Å²) < 4.78 is 5.33. The first-order valence-corrected chi connectivity index (χ1v) is 7.18. The van der Waals surface area contributed by atoms with Crippen molar-refractivity contribution in [3.05, 3.63) is 59.5 Å². The van der Waals surface area contributed by atoms with Crippen LogP contribution < -0.4 is 5.73 Å². The van der Waals surface area contributed by atoms with Gasteiger partial charge >= 0.3 is 0 Å². The highest BCUT2D eigenvalue weighted by atomic mass is 35.5. The van der Waals surface area contributed by atoms with E-state index in [-0.39, 0.29) is 18.3 Å². The van der Waals surface area contributed by atoms with E-state index in [9.17, 15) is 4.79 Å². The Morgan fingerprint density at radius 2 is 1.95 bits per heavy atom.